The van der Waals surface area contributed by atoms with E-state index in [0.717, 1.165) is 71.4 Å². The molecule has 0 saturated carbocycles. The van der Waals surface area contributed by atoms with Crippen LogP contribution in [0.15, 0.2) is 0 Å². The first-order chi connectivity index (χ1) is 12.6. The Morgan fingerprint density at radius 3 is 1.85 bits per heavy atom. The van der Waals surface area contributed by atoms with E-state index < -0.39 is 12.1 Å². The van der Waals surface area contributed by atoms with Gasteiger partial charge in [-0.25, -0.2) is 9.59 Å². The van der Waals surface area contributed by atoms with Gasteiger partial charge in [0.25, 0.3) is 0 Å². The van der Waals surface area contributed by atoms with Gasteiger partial charge in [0, 0.05) is 39.3 Å². The highest BCUT2D eigenvalue weighted by Crippen LogP contribution is 2.41. The molecule has 0 aromatic heterocycles. The number of nitrogens with zero attached hydrogens (tertiary/aromatic N) is 3. The fourth-order valence-corrected chi connectivity index (χ4v) is 3.89. The van der Waals surface area contributed by atoms with Crippen molar-refractivity contribution in [3.05, 3.63) is 0 Å². The van der Waals surface area contributed by atoms with Crippen molar-refractivity contribution in [3.63, 3.8) is 0 Å². The third kappa shape index (κ3) is 4.84. The number of urea groups is 1. The van der Waals surface area contributed by atoms with Crippen molar-refractivity contribution in [1.82, 2.24) is 14.7 Å². The van der Waals surface area contributed by atoms with Crippen LogP contribution < -0.4 is 0 Å². The van der Waals surface area contributed by atoms with E-state index in [-0.39, 0.29) is 11.4 Å². The number of carboxylic acids is 1. The third-order valence-corrected chi connectivity index (χ3v) is 5.59. The molecule has 0 unspecified atom stereocenters. The minimum Gasteiger partial charge on any atom is -0.475 e. The van der Waals surface area contributed by atoms with Crippen LogP contribution in [0.3, 0.4) is 0 Å². The molecule has 0 aromatic carbocycles. The molecule has 0 aliphatic carbocycles. The number of carbonyl (C=O) groups excluding carboxylic acids is 2. The number of piperidine rings is 1. The van der Waals surface area contributed by atoms with Crippen LogP contribution in [0.1, 0.15) is 39.0 Å². The van der Waals surface area contributed by atoms with Crippen LogP contribution in [0.4, 0.5) is 18.0 Å². The molecule has 10 heteroatoms. The van der Waals surface area contributed by atoms with Crippen molar-refractivity contribution in [3.8, 4) is 0 Å². The average molecular weight is 393 g/mol. The number of halogens is 3. The van der Waals surface area contributed by atoms with E-state index in [1.54, 1.807) is 0 Å². The van der Waals surface area contributed by atoms with Gasteiger partial charge in [-0.05, 0) is 39.0 Å². The zero-order chi connectivity index (χ0) is 20.2. The number of carbonyl (C=O) groups is 3. The molecular weight excluding hydrogens is 367 g/mol. The molecule has 3 heterocycles. The molecule has 27 heavy (non-hydrogen) atoms. The van der Waals surface area contributed by atoms with Gasteiger partial charge >= 0.3 is 18.2 Å². The van der Waals surface area contributed by atoms with Crippen molar-refractivity contribution in [1.29, 1.82) is 0 Å². The molecule has 3 aliphatic heterocycles. The van der Waals surface area contributed by atoms with Crippen molar-refractivity contribution >= 4 is 17.9 Å². The van der Waals surface area contributed by atoms with Gasteiger partial charge in [-0.15, -0.1) is 0 Å². The molecule has 3 saturated heterocycles. The molecule has 0 radical (unpaired) electrons. The van der Waals surface area contributed by atoms with Gasteiger partial charge in [-0.3, -0.25) is 4.79 Å². The van der Waals surface area contributed by atoms with Gasteiger partial charge in [0.1, 0.15) is 0 Å². The molecular formula is C17H26F3N3O4. The lowest BCUT2D eigenvalue weighted by Gasteiger charge is -2.39. The Bertz CT molecular complexity index is 568. The Kier molecular flexibility index (Phi) is 6.59. The maximum atomic E-state index is 12.5. The first kappa shape index (κ1) is 21.3. The molecule has 0 atom stereocenters. The summed E-state index contributed by atoms with van der Waals surface area (Å²) in [6.45, 7) is 7.07. The van der Waals surface area contributed by atoms with Gasteiger partial charge in [0.2, 0.25) is 5.91 Å². The SMILES string of the molecule is CCN1CCC2(CCN(C(=O)N3CCCC3)CC2)C1=O.O=C(O)C(F)(F)F. The quantitative estimate of drug-likeness (QED) is 0.740. The summed E-state index contributed by atoms with van der Waals surface area (Å²) in [4.78, 5) is 39.6. The molecule has 3 amide bonds. The average Bonchev–Trinajstić information content (AvgIpc) is 3.25. The van der Waals surface area contributed by atoms with E-state index in [9.17, 15) is 22.8 Å². The Morgan fingerprint density at radius 2 is 1.44 bits per heavy atom. The third-order valence-electron chi connectivity index (χ3n) is 5.59. The summed E-state index contributed by atoms with van der Waals surface area (Å²) < 4.78 is 31.7. The zero-order valence-electron chi connectivity index (χ0n) is 15.4. The smallest absolute Gasteiger partial charge is 0.475 e. The molecule has 3 rings (SSSR count). The number of hydrogen-bond donors (Lipinski definition) is 1. The number of rotatable bonds is 1. The zero-order valence-corrected chi connectivity index (χ0v) is 15.4. The Labute approximate surface area is 156 Å². The van der Waals surface area contributed by atoms with Gasteiger partial charge in [-0.2, -0.15) is 13.2 Å². The van der Waals surface area contributed by atoms with Crippen LogP contribution in [0.2, 0.25) is 0 Å². The summed E-state index contributed by atoms with van der Waals surface area (Å²) in [5, 5.41) is 7.12. The topological polar surface area (TPSA) is 81.2 Å². The Morgan fingerprint density at radius 1 is 1.00 bits per heavy atom. The summed E-state index contributed by atoms with van der Waals surface area (Å²) in [5.41, 5.74) is -0.155. The summed E-state index contributed by atoms with van der Waals surface area (Å²) in [7, 11) is 0. The number of alkyl halides is 3. The molecule has 154 valence electrons. The largest absolute Gasteiger partial charge is 0.490 e. The van der Waals surface area contributed by atoms with E-state index in [1.165, 1.54) is 0 Å². The normalized spacial score (nSPS) is 22.1. The molecule has 3 fully saturated rings. The van der Waals surface area contributed by atoms with Crippen molar-refractivity contribution < 1.29 is 32.7 Å². The highest BCUT2D eigenvalue weighted by Gasteiger charge is 2.48. The van der Waals surface area contributed by atoms with Crippen LogP contribution in [0.5, 0.6) is 0 Å². The predicted octanol–water partition coefficient (Wildman–Crippen LogP) is 2.17. The first-order valence-electron chi connectivity index (χ1n) is 9.24. The van der Waals surface area contributed by atoms with Gasteiger partial charge in [-0.1, -0.05) is 0 Å². The van der Waals surface area contributed by atoms with E-state index in [0.29, 0.717) is 5.91 Å². The number of amides is 3. The van der Waals surface area contributed by atoms with E-state index in [1.807, 2.05) is 21.6 Å². The van der Waals surface area contributed by atoms with E-state index in [4.69, 9.17) is 9.90 Å². The second-order valence-corrected chi connectivity index (χ2v) is 7.18. The number of carboxylic acid groups (broad SMARTS) is 1. The predicted molar refractivity (Wildman–Crippen MR) is 90.0 cm³/mol. The first-order valence-corrected chi connectivity index (χ1v) is 9.24. The lowest BCUT2D eigenvalue weighted by molar-refractivity contribution is -0.192. The molecule has 3 aliphatic rings. The minimum atomic E-state index is -5.08. The summed E-state index contributed by atoms with van der Waals surface area (Å²) >= 11 is 0. The lowest BCUT2D eigenvalue weighted by atomic mass is 9.77. The fraction of sp³-hybridized carbons (Fsp3) is 0.824. The lowest BCUT2D eigenvalue weighted by Crippen LogP contribution is -2.50. The number of hydrogen-bond acceptors (Lipinski definition) is 3. The van der Waals surface area contributed by atoms with Crippen molar-refractivity contribution in [2.24, 2.45) is 5.41 Å². The van der Waals surface area contributed by atoms with Gasteiger partial charge in [0.05, 0.1) is 5.41 Å². The van der Waals surface area contributed by atoms with Crippen LogP contribution in [-0.4, -0.2) is 83.2 Å². The van der Waals surface area contributed by atoms with Crippen molar-refractivity contribution in [2.75, 3.05) is 39.3 Å². The molecule has 0 bridgehead atoms. The Hall–Kier alpha value is -2.00. The number of aliphatic carboxylic acids is 1. The Balaban J connectivity index is 0.000000321. The standard InChI is InChI=1S/C15H25N3O2.C2HF3O2/c1-2-16-10-5-15(13(16)19)6-11-18(12-7-15)14(20)17-8-3-4-9-17;3-2(4,5)1(6)7/h2-12H2,1H3;(H,6,7). The van der Waals surface area contributed by atoms with Crippen LogP contribution >= 0.6 is 0 Å². The fourth-order valence-electron chi connectivity index (χ4n) is 3.89. The van der Waals surface area contributed by atoms with Crippen LogP contribution in [-0.2, 0) is 9.59 Å². The van der Waals surface area contributed by atoms with Crippen LogP contribution in [0, 0.1) is 5.41 Å². The monoisotopic (exact) mass is 393 g/mol. The van der Waals surface area contributed by atoms with E-state index >= 15 is 0 Å². The highest BCUT2D eigenvalue weighted by molar-refractivity contribution is 5.85. The maximum absolute atomic E-state index is 12.5. The molecule has 1 spiro atoms. The summed E-state index contributed by atoms with van der Waals surface area (Å²) in [6, 6.07) is 0.190. The maximum Gasteiger partial charge on any atom is 0.490 e. The molecule has 1 N–H and O–H groups in total. The molecule has 0 aromatic rings. The second kappa shape index (κ2) is 8.35. The second-order valence-electron chi connectivity index (χ2n) is 7.18. The van der Waals surface area contributed by atoms with E-state index in [2.05, 4.69) is 0 Å². The molecule has 7 nitrogen and oxygen atoms in total. The van der Waals surface area contributed by atoms with Crippen LogP contribution in [0.25, 0.3) is 0 Å². The summed E-state index contributed by atoms with van der Waals surface area (Å²) in [5.74, 6) is -2.43. The van der Waals surface area contributed by atoms with Gasteiger partial charge in [0.15, 0.2) is 0 Å². The van der Waals surface area contributed by atoms with Gasteiger partial charge < -0.3 is 19.8 Å². The highest BCUT2D eigenvalue weighted by atomic mass is 19.4. The summed E-state index contributed by atoms with van der Waals surface area (Å²) in [6.07, 6.45) is -0.143. The minimum absolute atomic E-state index is 0.155. The number of likely N-dealkylation sites (tertiary alicyclic amines) is 3. The van der Waals surface area contributed by atoms with Crippen molar-refractivity contribution in [2.45, 2.75) is 45.2 Å².